The highest BCUT2D eigenvalue weighted by molar-refractivity contribution is 5.89. The smallest absolute Gasteiger partial charge is 0.319 e. The summed E-state index contributed by atoms with van der Waals surface area (Å²) in [4.78, 5) is 24.6. The molecular formula is C14H18FN3O3. The lowest BCUT2D eigenvalue weighted by atomic mass is 10.3. The van der Waals surface area contributed by atoms with Crippen LogP contribution in [-0.2, 0) is 4.79 Å². The highest BCUT2D eigenvalue weighted by Gasteiger charge is 2.22. The number of aliphatic hydroxyl groups is 1. The highest BCUT2D eigenvalue weighted by Crippen LogP contribution is 2.10. The largest absolute Gasteiger partial charge is 0.389 e. The summed E-state index contributed by atoms with van der Waals surface area (Å²) in [6, 6.07) is 4.98. The number of β-amino-alcohol motifs (C(OH)–C–C–N with tert-alkyl or cyclic N) is 1. The van der Waals surface area contributed by atoms with Gasteiger partial charge in [-0.1, -0.05) is 6.07 Å². The fourth-order valence-electron chi connectivity index (χ4n) is 2.17. The molecular weight excluding hydrogens is 277 g/mol. The third-order valence-corrected chi connectivity index (χ3v) is 3.18. The molecule has 114 valence electrons. The van der Waals surface area contributed by atoms with Crippen LogP contribution in [0.1, 0.15) is 12.8 Å². The van der Waals surface area contributed by atoms with E-state index >= 15 is 0 Å². The molecule has 1 aliphatic rings. The molecule has 0 unspecified atom stereocenters. The molecule has 1 fully saturated rings. The normalized spacial score (nSPS) is 15.9. The summed E-state index contributed by atoms with van der Waals surface area (Å²) >= 11 is 0. The van der Waals surface area contributed by atoms with Crippen molar-refractivity contribution in [3.05, 3.63) is 30.1 Å². The van der Waals surface area contributed by atoms with Crippen molar-refractivity contribution in [2.45, 2.75) is 18.9 Å². The minimum absolute atomic E-state index is 0.0188. The van der Waals surface area contributed by atoms with Crippen molar-refractivity contribution in [1.82, 2.24) is 10.2 Å². The summed E-state index contributed by atoms with van der Waals surface area (Å²) in [6.45, 7) is 0.870. The Hall–Kier alpha value is -2.15. The quantitative estimate of drug-likeness (QED) is 0.756. The van der Waals surface area contributed by atoms with E-state index in [1.807, 2.05) is 0 Å². The Kier molecular flexibility index (Phi) is 5.10. The van der Waals surface area contributed by atoms with Crippen LogP contribution in [-0.4, -0.2) is 47.7 Å². The van der Waals surface area contributed by atoms with E-state index in [9.17, 15) is 19.1 Å². The number of amides is 3. The van der Waals surface area contributed by atoms with Gasteiger partial charge < -0.3 is 20.6 Å². The summed E-state index contributed by atoms with van der Waals surface area (Å²) in [5.74, 6) is -0.418. The van der Waals surface area contributed by atoms with E-state index < -0.39 is 18.0 Å². The van der Waals surface area contributed by atoms with Gasteiger partial charge in [0.15, 0.2) is 0 Å². The van der Waals surface area contributed by atoms with E-state index in [2.05, 4.69) is 10.6 Å². The Morgan fingerprint density at radius 2 is 2.29 bits per heavy atom. The van der Waals surface area contributed by atoms with Crippen LogP contribution in [0.5, 0.6) is 0 Å². The molecule has 0 spiro atoms. The third-order valence-electron chi connectivity index (χ3n) is 3.18. The number of nitrogens with one attached hydrogen (secondary N) is 2. The summed E-state index contributed by atoms with van der Waals surface area (Å²) in [5, 5.41) is 14.7. The standard InChI is InChI=1S/C14H18FN3O3/c15-10-3-1-4-11(7-10)17-14(21)16-8-12(19)9-18-6-2-5-13(18)20/h1,3-4,7,12,19H,2,5-6,8-9H2,(H2,16,17,21)/t12-/m1/s1. The van der Waals surface area contributed by atoms with Crippen molar-refractivity contribution >= 4 is 17.6 Å². The number of urea groups is 1. The summed E-state index contributed by atoms with van der Waals surface area (Å²) in [5.41, 5.74) is 0.330. The van der Waals surface area contributed by atoms with Gasteiger partial charge in [-0.2, -0.15) is 0 Å². The Labute approximate surface area is 121 Å². The summed E-state index contributed by atoms with van der Waals surface area (Å²) < 4.78 is 12.9. The second-order valence-corrected chi connectivity index (χ2v) is 4.94. The van der Waals surface area contributed by atoms with Crippen molar-refractivity contribution in [3.8, 4) is 0 Å². The van der Waals surface area contributed by atoms with Crippen LogP contribution in [0.15, 0.2) is 24.3 Å². The number of anilines is 1. The van der Waals surface area contributed by atoms with Gasteiger partial charge in [-0.3, -0.25) is 4.79 Å². The van der Waals surface area contributed by atoms with E-state index in [1.165, 1.54) is 18.2 Å². The Bertz CT molecular complexity index is 524. The molecule has 0 saturated carbocycles. The monoisotopic (exact) mass is 295 g/mol. The van der Waals surface area contributed by atoms with Crippen molar-refractivity contribution in [1.29, 1.82) is 0 Å². The second kappa shape index (κ2) is 7.03. The molecule has 21 heavy (non-hydrogen) atoms. The van der Waals surface area contributed by atoms with Crippen LogP contribution < -0.4 is 10.6 Å². The first-order chi connectivity index (χ1) is 10.0. The average Bonchev–Trinajstić information content (AvgIpc) is 2.82. The van der Waals surface area contributed by atoms with Crippen LogP contribution in [0.2, 0.25) is 0 Å². The number of nitrogens with zero attached hydrogens (tertiary/aromatic N) is 1. The molecule has 3 amide bonds. The lowest BCUT2D eigenvalue weighted by Gasteiger charge is -2.20. The SMILES string of the molecule is O=C(NC[C@@H](O)CN1CCCC1=O)Nc1cccc(F)c1. The Balaban J connectivity index is 1.72. The molecule has 1 aromatic carbocycles. The summed E-state index contributed by atoms with van der Waals surface area (Å²) in [6.07, 6.45) is 0.490. The van der Waals surface area contributed by atoms with E-state index in [-0.39, 0.29) is 19.0 Å². The van der Waals surface area contributed by atoms with Crippen LogP contribution in [0.25, 0.3) is 0 Å². The number of halogens is 1. The second-order valence-electron chi connectivity index (χ2n) is 4.94. The number of aliphatic hydroxyl groups excluding tert-OH is 1. The van der Waals surface area contributed by atoms with Gasteiger partial charge in [0, 0.05) is 31.7 Å². The lowest BCUT2D eigenvalue weighted by molar-refractivity contribution is -0.128. The van der Waals surface area contributed by atoms with Crippen molar-refractivity contribution in [2.75, 3.05) is 25.0 Å². The minimum Gasteiger partial charge on any atom is -0.389 e. The van der Waals surface area contributed by atoms with Gasteiger partial charge in [0.25, 0.3) is 0 Å². The first-order valence-corrected chi connectivity index (χ1v) is 6.81. The van der Waals surface area contributed by atoms with Crippen LogP contribution in [0.3, 0.4) is 0 Å². The topological polar surface area (TPSA) is 81.7 Å². The van der Waals surface area contributed by atoms with Gasteiger partial charge in [0.05, 0.1) is 6.10 Å². The Morgan fingerprint density at radius 3 is 2.95 bits per heavy atom. The molecule has 0 aliphatic carbocycles. The average molecular weight is 295 g/mol. The van der Waals surface area contributed by atoms with Gasteiger partial charge in [-0.25, -0.2) is 9.18 Å². The van der Waals surface area contributed by atoms with Gasteiger partial charge in [0.1, 0.15) is 5.82 Å². The van der Waals surface area contributed by atoms with Crippen molar-refractivity contribution < 1.29 is 19.1 Å². The molecule has 0 radical (unpaired) electrons. The van der Waals surface area contributed by atoms with Gasteiger partial charge in [-0.05, 0) is 24.6 Å². The molecule has 6 nitrogen and oxygen atoms in total. The lowest BCUT2D eigenvalue weighted by Crippen LogP contribution is -2.41. The maximum absolute atomic E-state index is 12.9. The molecule has 1 aromatic rings. The number of carbonyl (C=O) groups is 2. The third kappa shape index (κ3) is 4.71. The van der Waals surface area contributed by atoms with Crippen LogP contribution in [0.4, 0.5) is 14.9 Å². The molecule has 1 aliphatic heterocycles. The Morgan fingerprint density at radius 1 is 1.48 bits per heavy atom. The fourth-order valence-corrected chi connectivity index (χ4v) is 2.17. The number of likely N-dealkylation sites (tertiary alicyclic amines) is 1. The number of hydrogen-bond acceptors (Lipinski definition) is 3. The van der Waals surface area contributed by atoms with E-state index in [0.717, 1.165) is 6.42 Å². The zero-order valence-corrected chi connectivity index (χ0v) is 11.5. The zero-order valence-electron chi connectivity index (χ0n) is 11.5. The fraction of sp³-hybridized carbons (Fsp3) is 0.429. The maximum atomic E-state index is 12.9. The zero-order chi connectivity index (χ0) is 15.2. The number of benzene rings is 1. The van der Waals surface area contributed by atoms with E-state index in [1.54, 1.807) is 11.0 Å². The van der Waals surface area contributed by atoms with Crippen molar-refractivity contribution in [3.63, 3.8) is 0 Å². The molecule has 3 N–H and O–H groups in total. The predicted octanol–water partition coefficient (Wildman–Crippen LogP) is 0.930. The van der Waals surface area contributed by atoms with E-state index in [0.29, 0.717) is 18.7 Å². The molecule has 0 bridgehead atoms. The van der Waals surface area contributed by atoms with Gasteiger partial charge in [-0.15, -0.1) is 0 Å². The maximum Gasteiger partial charge on any atom is 0.319 e. The summed E-state index contributed by atoms with van der Waals surface area (Å²) in [7, 11) is 0. The number of rotatable bonds is 5. The number of hydrogen-bond donors (Lipinski definition) is 3. The molecule has 7 heteroatoms. The molecule has 0 aromatic heterocycles. The van der Waals surface area contributed by atoms with E-state index in [4.69, 9.17) is 0 Å². The first kappa shape index (κ1) is 15.2. The van der Waals surface area contributed by atoms with Gasteiger partial charge in [0.2, 0.25) is 5.91 Å². The first-order valence-electron chi connectivity index (χ1n) is 6.81. The molecule has 1 atom stereocenters. The molecule has 1 heterocycles. The van der Waals surface area contributed by atoms with Crippen LogP contribution in [0, 0.1) is 5.82 Å². The van der Waals surface area contributed by atoms with Crippen molar-refractivity contribution in [2.24, 2.45) is 0 Å². The highest BCUT2D eigenvalue weighted by atomic mass is 19.1. The number of carbonyl (C=O) groups excluding carboxylic acids is 2. The van der Waals surface area contributed by atoms with Gasteiger partial charge >= 0.3 is 6.03 Å². The predicted molar refractivity (Wildman–Crippen MR) is 75.2 cm³/mol. The molecule has 1 saturated heterocycles. The van der Waals surface area contributed by atoms with Crippen LogP contribution >= 0.6 is 0 Å². The minimum atomic E-state index is -0.828. The molecule has 2 rings (SSSR count).